The second kappa shape index (κ2) is 7.58. The molecule has 1 aliphatic rings. The summed E-state index contributed by atoms with van der Waals surface area (Å²) in [6, 6.07) is 0.806. The summed E-state index contributed by atoms with van der Waals surface area (Å²) in [5, 5.41) is 13.1. The van der Waals surface area contributed by atoms with Crippen LogP contribution in [-0.4, -0.2) is 60.5 Å². The van der Waals surface area contributed by atoms with Gasteiger partial charge < -0.3 is 20.1 Å². The zero-order valence-electron chi connectivity index (χ0n) is 13.3. The van der Waals surface area contributed by atoms with E-state index in [0.717, 1.165) is 19.6 Å². The Morgan fingerprint density at radius 2 is 2.11 bits per heavy atom. The molecule has 0 saturated carbocycles. The number of nitrogens with one attached hydrogen (secondary N) is 1. The van der Waals surface area contributed by atoms with Crippen LogP contribution in [0, 0.1) is 0 Å². The Hall–Kier alpha value is -0.160. The van der Waals surface area contributed by atoms with E-state index in [-0.39, 0.29) is 12.1 Å². The Kier molecular flexibility index (Phi) is 6.74. The molecule has 1 aliphatic heterocycles. The van der Waals surface area contributed by atoms with E-state index in [1.54, 1.807) is 0 Å². The first kappa shape index (κ1) is 16.9. The third kappa shape index (κ3) is 5.78. The van der Waals surface area contributed by atoms with Gasteiger partial charge in [-0.3, -0.25) is 0 Å². The second-order valence-corrected chi connectivity index (χ2v) is 6.65. The van der Waals surface area contributed by atoms with Crippen molar-refractivity contribution < 1.29 is 9.84 Å². The van der Waals surface area contributed by atoms with Gasteiger partial charge >= 0.3 is 0 Å². The fourth-order valence-electron chi connectivity index (χ4n) is 2.96. The average molecular weight is 272 g/mol. The van der Waals surface area contributed by atoms with Crippen LogP contribution < -0.4 is 5.32 Å². The number of aliphatic hydroxyl groups excluding tert-OH is 1. The van der Waals surface area contributed by atoms with E-state index in [9.17, 15) is 5.11 Å². The Balaban J connectivity index is 2.43. The first-order valence-electron chi connectivity index (χ1n) is 7.56. The molecule has 3 atom stereocenters. The van der Waals surface area contributed by atoms with Crippen molar-refractivity contribution in [2.45, 2.75) is 70.7 Å². The monoisotopic (exact) mass is 272 g/mol. The van der Waals surface area contributed by atoms with E-state index in [4.69, 9.17) is 4.74 Å². The second-order valence-electron chi connectivity index (χ2n) is 6.65. The first-order valence-corrected chi connectivity index (χ1v) is 7.56. The normalized spacial score (nSPS) is 24.9. The standard InChI is InChI=1S/C15H32N2O2/c1-12(2)16-15(4,11-18)9-13(3)17(5)10-14-7-6-8-19-14/h12-14,16,18H,6-11H2,1-5H3. The van der Waals surface area contributed by atoms with Crippen molar-refractivity contribution in [1.29, 1.82) is 0 Å². The maximum atomic E-state index is 9.64. The van der Waals surface area contributed by atoms with Crippen LogP contribution >= 0.6 is 0 Å². The average Bonchev–Trinajstić information content (AvgIpc) is 2.80. The molecule has 1 rings (SSSR count). The Bertz CT molecular complexity index is 255. The number of hydrogen-bond donors (Lipinski definition) is 2. The van der Waals surface area contributed by atoms with Crippen molar-refractivity contribution in [3.8, 4) is 0 Å². The zero-order chi connectivity index (χ0) is 14.5. The number of hydrogen-bond acceptors (Lipinski definition) is 4. The highest BCUT2D eigenvalue weighted by molar-refractivity contribution is 4.88. The molecule has 0 aromatic carbocycles. The molecule has 1 saturated heterocycles. The number of nitrogens with zero attached hydrogens (tertiary/aromatic N) is 1. The predicted octanol–water partition coefficient (Wildman–Crippen LogP) is 1.62. The molecule has 0 aliphatic carbocycles. The number of likely N-dealkylation sites (N-methyl/N-ethyl adjacent to an activating group) is 1. The van der Waals surface area contributed by atoms with Crippen molar-refractivity contribution in [3.63, 3.8) is 0 Å². The molecule has 0 aromatic rings. The first-order chi connectivity index (χ1) is 8.86. The smallest absolute Gasteiger partial charge is 0.0702 e. The molecule has 0 amide bonds. The van der Waals surface area contributed by atoms with Gasteiger partial charge in [-0.05, 0) is 40.2 Å². The van der Waals surface area contributed by atoms with Crippen LogP contribution in [0.5, 0.6) is 0 Å². The third-order valence-corrected chi connectivity index (χ3v) is 4.00. The predicted molar refractivity (Wildman–Crippen MR) is 79.4 cm³/mol. The van der Waals surface area contributed by atoms with Crippen LogP contribution in [0.4, 0.5) is 0 Å². The number of rotatable bonds is 8. The highest BCUT2D eigenvalue weighted by Crippen LogP contribution is 2.19. The van der Waals surface area contributed by atoms with Crippen LogP contribution in [0.25, 0.3) is 0 Å². The van der Waals surface area contributed by atoms with Crippen LogP contribution in [0.15, 0.2) is 0 Å². The third-order valence-electron chi connectivity index (χ3n) is 4.00. The van der Waals surface area contributed by atoms with Crippen molar-refractivity contribution in [2.75, 3.05) is 26.8 Å². The van der Waals surface area contributed by atoms with Gasteiger partial charge in [-0.2, -0.15) is 0 Å². The molecular weight excluding hydrogens is 240 g/mol. The summed E-state index contributed by atoms with van der Waals surface area (Å²) >= 11 is 0. The molecule has 114 valence electrons. The van der Waals surface area contributed by atoms with E-state index >= 15 is 0 Å². The van der Waals surface area contributed by atoms with Gasteiger partial charge in [0.15, 0.2) is 0 Å². The Labute approximate surface area is 118 Å². The van der Waals surface area contributed by atoms with Crippen LogP contribution in [0.2, 0.25) is 0 Å². The lowest BCUT2D eigenvalue weighted by molar-refractivity contribution is 0.0576. The lowest BCUT2D eigenvalue weighted by Crippen LogP contribution is -2.53. The van der Waals surface area contributed by atoms with Crippen molar-refractivity contribution in [2.24, 2.45) is 0 Å². The van der Waals surface area contributed by atoms with Gasteiger partial charge in [-0.25, -0.2) is 0 Å². The summed E-state index contributed by atoms with van der Waals surface area (Å²) in [4.78, 5) is 2.35. The molecule has 2 N–H and O–H groups in total. The largest absolute Gasteiger partial charge is 0.394 e. The van der Waals surface area contributed by atoms with Crippen LogP contribution in [-0.2, 0) is 4.74 Å². The summed E-state index contributed by atoms with van der Waals surface area (Å²) in [6.07, 6.45) is 3.70. The van der Waals surface area contributed by atoms with Gasteiger partial charge in [0, 0.05) is 30.8 Å². The molecule has 0 bridgehead atoms. The van der Waals surface area contributed by atoms with Gasteiger partial charge in [0.25, 0.3) is 0 Å². The Morgan fingerprint density at radius 3 is 2.58 bits per heavy atom. The van der Waals surface area contributed by atoms with E-state index in [2.05, 4.69) is 45.0 Å². The molecule has 0 spiro atoms. The minimum Gasteiger partial charge on any atom is -0.394 e. The number of aliphatic hydroxyl groups is 1. The lowest BCUT2D eigenvalue weighted by atomic mass is 9.93. The van der Waals surface area contributed by atoms with E-state index in [1.807, 2.05) is 0 Å². The summed E-state index contributed by atoms with van der Waals surface area (Å²) in [5.74, 6) is 0. The topological polar surface area (TPSA) is 44.7 Å². The SMILES string of the molecule is CC(C)NC(C)(CO)CC(C)N(C)CC1CCCO1. The quantitative estimate of drug-likeness (QED) is 0.705. The fraction of sp³-hybridized carbons (Fsp3) is 1.00. The fourth-order valence-corrected chi connectivity index (χ4v) is 2.96. The molecular formula is C15H32N2O2. The van der Waals surface area contributed by atoms with Gasteiger partial charge in [-0.1, -0.05) is 13.8 Å². The van der Waals surface area contributed by atoms with Crippen LogP contribution in [0.1, 0.15) is 47.0 Å². The maximum Gasteiger partial charge on any atom is 0.0702 e. The summed E-state index contributed by atoms with van der Waals surface area (Å²) < 4.78 is 5.69. The lowest BCUT2D eigenvalue weighted by Gasteiger charge is -2.37. The van der Waals surface area contributed by atoms with E-state index in [1.165, 1.54) is 12.8 Å². The molecule has 1 fully saturated rings. The minimum atomic E-state index is -0.210. The molecule has 3 unspecified atom stereocenters. The molecule has 19 heavy (non-hydrogen) atoms. The summed E-state index contributed by atoms with van der Waals surface area (Å²) in [7, 11) is 2.15. The van der Waals surface area contributed by atoms with Crippen molar-refractivity contribution in [1.82, 2.24) is 10.2 Å². The van der Waals surface area contributed by atoms with Crippen LogP contribution in [0.3, 0.4) is 0 Å². The summed E-state index contributed by atoms with van der Waals surface area (Å²) in [5.41, 5.74) is -0.210. The van der Waals surface area contributed by atoms with Crippen molar-refractivity contribution in [3.05, 3.63) is 0 Å². The van der Waals surface area contributed by atoms with Gasteiger partial charge in [0.2, 0.25) is 0 Å². The maximum absolute atomic E-state index is 9.64. The van der Waals surface area contributed by atoms with E-state index < -0.39 is 0 Å². The summed E-state index contributed by atoms with van der Waals surface area (Å²) in [6.45, 7) is 10.6. The van der Waals surface area contributed by atoms with Gasteiger partial charge in [-0.15, -0.1) is 0 Å². The molecule has 4 heteroatoms. The molecule has 4 nitrogen and oxygen atoms in total. The molecule has 0 radical (unpaired) electrons. The molecule has 1 heterocycles. The zero-order valence-corrected chi connectivity index (χ0v) is 13.3. The Morgan fingerprint density at radius 1 is 1.42 bits per heavy atom. The van der Waals surface area contributed by atoms with E-state index in [0.29, 0.717) is 18.2 Å². The minimum absolute atomic E-state index is 0.170. The van der Waals surface area contributed by atoms with Gasteiger partial charge in [0.05, 0.1) is 12.7 Å². The van der Waals surface area contributed by atoms with Crippen molar-refractivity contribution >= 4 is 0 Å². The van der Waals surface area contributed by atoms with Gasteiger partial charge in [0.1, 0.15) is 0 Å². The highest BCUT2D eigenvalue weighted by atomic mass is 16.5. The molecule has 0 aromatic heterocycles. The number of ether oxygens (including phenoxy) is 1. The highest BCUT2D eigenvalue weighted by Gasteiger charge is 2.29.